The lowest BCUT2D eigenvalue weighted by Gasteiger charge is -2.30. The number of benzene rings is 2. The number of hydrogen-bond donors (Lipinski definition) is 2. The highest BCUT2D eigenvalue weighted by Gasteiger charge is 2.32. The molecule has 0 bridgehead atoms. The number of hydrogen-bond acceptors (Lipinski definition) is 6. The van der Waals surface area contributed by atoms with E-state index in [2.05, 4.69) is 15.8 Å². The highest BCUT2D eigenvalue weighted by Crippen LogP contribution is 2.25. The molecule has 3 aromatic rings. The maximum absolute atomic E-state index is 12.9. The van der Waals surface area contributed by atoms with Gasteiger partial charge in [0.1, 0.15) is 0 Å². The number of nitrogens with one attached hydrogen (secondary N) is 2. The van der Waals surface area contributed by atoms with Crippen molar-refractivity contribution in [2.24, 2.45) is 11.0 Å². The third-order valence-electron chi connectivity index (χ3n) is 5.95. The molecule has 2 amide bonds. The van der Waals surface area contributed by atoms with Crippen molar-refractivity contribution < 1.29 is 18.0 Å². The van der Waals surface area contributed by atoms with Crippen molar-refractivity contribution >= 4 is 67.8 Å². The molecule has 2 N–H and O–H groups in total. The Morgan fingerprint density at radius 3 is 2.38 bits per heavy atom. The van der Waals surface area contributed by atoms with Gasteiger partial charge in [0.05, 0.1) is 19.8 Å². The molecule has 1 aromatic heterocycles. The second-order valence-electron chi connectivity index (χ2n) is 8.44. The number of nitrogens with zero attached hydrogens (tertiary/aromatic N) is 2. The fourth-order valence-corrected chi connectivity index (χ4v) is 6.39. The summed E-state index contributed by atoms with van der Waals surface area (Å²) in [6.07, 6.45) is 0.781. The van der Waals surface area contributed by atoms with Crippen LogP contribution in [0.1, 0.15) is 35.0 Å². The Kier molecular flexibility index (Phi) is 8.66. The van der Waals surface area contributed by atoms with Crippen LogP contribution in [0.25, 0.3) is 0 Å². The largest absolute Gasteiger partial charge is 0.321 e. The van der Waals surface area contributed by atoms with Crippen molar-refractivity contribution in [3.8, 4) is 0 Å². The molecule has 0 aliphatic carbocycles. The Balaban J connectivity index is 1.32. The molecule has 1 aliphatic heterocycles. The van der Waals surface area contributed by atoms with Crippen molar-refractivity contribution in [1.82, 2.24) is 9.73 Å². The number of sulfonamides is 1. The van der Waals surface area contributed by atoms with Gasteiger partial charge in [0.15, 0.2) is 0 Å². The SMILES string of the molecule is C/C(=N\NC(=O)C1CCN(S(=O)(=O)c2ccc(Cl)cc2)CC1)c1cccc(NC(=O)c2ccc(Cl)s2)c1. The molecule has 0 saturated carbocycles. The molecule has 12 heteroatoms. The van der Waals surface area contributed by atoms with Crippen LogP contribution in [0.4, 0.5) is 5.69 Å². The number of anilines is 1. The minimum absolute atomic E-state index is 0.178. The Morgan fingerprint density at radius 1 is 1.03 bits per heavy atom. The van der Waals surface area contributed by atoms with Gasteiger partial charge in [0.25, 0.3) is 5.91 Å². The van der Waals surface area contributed by atoms with E-state index in [0.717, 1.165) is 5.56 Å². The average molecular weight is 580 g/mol. The van der Waals surface area contributed by atoms with Gasteiger partial charge in [-0.2, -0.15) is 9.41 Å². The topological polar surface area (TPSA) is 108 Å². The fraction of sp³-hybridized carbons (Fsp3) is 0.240. The minimum atomic E-state index is -3.64. The zero-order valence-electron chi connectivity index (χ0n) is 19.8. The predicted octanol–water partition coefficient (Wildman–Crippen LogP) is 5.25. The molecule has 0 spiro atoms. The van der Waals surface area contributed by atoms with E-state index in [9.17, 15) is 18.0 Å². The maximum Gasteiger partial charge on any atom is 0.265 e. The van der Waals surface area contributed by atoms with Crippen LogP contribution < -0.4 is 10.7 Å². The highest BCUT2D eigenvalue weighted by atomic mass is 35.5. The molecule has 1 saturated heterocycles. The van der Waals surface area contributed by atoms with Crippen molar-refractivity contribution in [3.05, 3.63) is 80.5 Å². The number of rotatable bonds is 7. The van der Waals surface area contributed by atoms with Gasteiger partial charge in [-0.15, -0.1) is 11.3 Å². The van der Waals surface area contributed by atoms with Crippen LogP contribution in [-0.4, -0.2) is 43.3 Å². The number of piperidine rings is 1. The lowest BCUT2D eigenvalue weighted by Crippen LogP contribution is -2.42. The van der Waals surface area contributed by atoms with Crippen molar-refractivity contribution in [3.63, 3.8) is 0 Å². The molecule has 194 valence electrons. The van der Waals surface area contributed by atoms with Crippen molar-refractivity contribution in [2.75, 3.05) is 18.4 Å². The van der Waals surface area contributed by atoms with E-state index in [-0.39, 0.29) is 35.7 Å². The van der Waals surface area contributed by atoms with E-state index in [1.165, 1.54) is 27.8 Å². The zero-order chi connectivity index (χ0) is 26.6. The van der Waals surface area contributed by atoms with E-state index in [4.69, 9.17) is 23.2 Å². The predicted molar refractivity (Wildman–Crippen MR) is 147 cm³/mol. The monoisotopic (exact) mass is 578 g/mol. The molecule has 0 radical (unpaired) electrons. The Bertz CT molecular complexity index is 1430. The minimum Gasteiger partial charge on any atom is -0.321 e. The standard InChI is InChI=1S/C25H24Cl2N4O4S2/c1-16(18-3-2-4-20(15-18)28-25(33)22-9-10-23(27)36-22)29-30-24(32)17-11-13-31(14-12-17)37(34,35)21-7-5-19(26)6-8-21/h2-10,15,17H,11-14H2,1H3,(H,28,33)(H,30,32)/b29-16+. The number of carbonyl (C=O) groups excluding carboxylic acids is 2. The molecule has 1 fully saturated rings. The second kappa shape index (κ2) is 11.7. The number of halogens is 2. The first-order valence-electron chi connectivity index (χ1n) is 11.4. The number of carbonyl (C=O) groups is 2. The van der Waals surface area contributed by atoms with Gasteiger partial charge in [-0.3, -0.25) is 9.59 Å². The van der Waals surface area contributed by atoms with Crippen LogP contribution in [0, 0.1) is 5.92 Å². The molecule has 2 heterocycles. The van der Waals surface area contributed by atoms with Gasteiger partial charge < -0.3 is 5.32 Å². The molecule has 8 nitrogen and oxygen atoms in total. The van der Waals surface area contributed by atoms with Crippen molar-refractivity contribution in [1.29, 1.82) is 0 Å². The van der Waals surface area contributed by atoms with Gasteiger partial charge >= 0.3 is 0 Å². The third-order valence-corrected chi connectivity index (χ3v) is 9.34. The molecular formula is C25H24Cl2N4O4S2. The Labute approximate surface area is 229 Å². The van der Waals surface area contributed by atoms with E-state index in [0.29, 0.717) is 38.5 Å². The van der Waals surface area contributed by atoms with E-state index in [1.54, 1.807) is 49.4 Å². The molecule has 1 aliphatic rings. The zero-order valence-corrected chi connectivity index (χ0v) is 22.9. The first-order chi connectivity index (χ1) is 17.6. The fourth-order valence-electron chi connectivity index (χ4n) is 3.86. The second-order valence-corrected chi connectivity index (χ2v) is 12.5. The number of hydrazone groups is 1. The van der Waals surface area contributed by atoms with Crippen LogP contribution in [-0.2, 0) is 14.8 Å². The Morgan fingerprint density at radius 2 is 1.73 bits per heavy atom. The molecule has 37 heavy (non-hydrogen) atoms. The molecule has 2 aromatic carbocycles. The first kappa shape index (κ1) is 27.3. The van der Waals surface area contributed by atoms with Crippen LogP contribution in [0.2, 0.25) is 9.36 Å². The molecule has 4 rings (SSSR count). The smallest absolute Gasteiger partial charge is 0.265 e. The van der Waals surface area contributed by atoms with Crippen molar-refractivity contribution in [2.45, 2.75) is 24.7 Å². The lowest BCUT2D eigenvalue weighted by molar-refractivity contribution is -0.126. The Hall–Kier alpha value is -2.76. The molecule has 0 atom stereocenters. The summed E-state index contributed by atoms with van der Waals surface area (Å²) in [5, 5.41) is 7.51. The first-order valence-corrected chi connectivity index (χ1v) is 14.4. The average Bonchev–Trinajstić information content (AvgIpc) is 3.34. The van der Waals surface area contributed by atoms with Gasteiger partial charge in [0, 0.05) is 29.7 Å². The highest BCUT2D eigenvalue weighted by molar-refractivity contribution is 7.89. The van der Waals surface area contributed by atoms with Gasteiger partial charge in [0.2, 0.25) is 15.9 Å². The van der Waals surface area contributed by atoms with Gasteiger partial charge in [-0.1, -0.05) is 35.3 Å². The van der Waals surface area contributed by atoms with Crippen LogP contribution in [0.5, 0.6) is 0 Å². The summed E-state index contributed by atoms with van der Waals surface area (Å²) in [4.78, 5) is 25.8. The van der Waals surface area contributed by atoms with E-state index < -0.39 is 10.0 Å². The van der Waals surface area contributed by atoms with Crippen LogP contribution in [0.3, 0.4) is 0 Å². The maximum atomic E-state index is 12.9. The van der Waals surface area contributed by atoms with E-state index in [1.807, 2.05) is 6.07 Å². The molecular weight excluding hydrogens is 555 g/mol. The quantitative estimate of drug-likeness (QED) is 0.295. The lowest BCUT2D eigenvalue weighted by atomic mass is 9.98. The summed E-state index contributed by atoms with van der Waals surface area (Å²) >= 11 is 13.0. The van der Waals surface area contributed by atoms with Crippen LogP contribution in [0.15, 0.2) is 70.7 Å². The summed E-state index contributed by atoms with van der Waals surface area (Å²) in [5.74, 6) is -0.875. The summed E-state index contributed by atoms with van der Waals surface area (Å²) in [6.45, 7) is 2.23. The van der Waals surface area contributed by atoms with Gasteiger partial charge in [-0.05, 0) is 73.9 Å². The van der Waals surface area contributed by atoms with Gasteiger partial charge in [-0.25, -0.2) is 13.8 Å². The number of amides is 2. The normalized spacial score (nSPS) is 15.4. The third kappa shape index (κ3) is 6.77. The number of thiophene rings is 1. The van der Waals surface area contributed by atoms with Crippen LogP contribution >= 0.6 is 34.5 Å². The summed E-state index contributed by atoms with van der Waals surface area (Å²) < 4.78 is 27.6. The van der Waals surface area contributed by atoms with E-state index >= 15 is 0 Å². The summed E-state index contributed by atoms with van der Waals surface area (Å²) in [6, 6.07) is 16.5. The summed E-state index contributed by atoms with van der Waals surface area (Å²) in [7, 11) is -3.64. The summed E-state index contributed by atoms with van der Waals surface area (Å²) in [5.41, 5.74) is 4.47. The molecule has 0 unspecified atom stereocenters.